The SMILES string of the molecule is CNCCCN(C)c1ccc2c(NC(=O)CC3CC4CCCC(C4)C3)c(Cl)ccc2n1. The summed E-state index contributed by atoms with van der Waals surface area (Å²) in [4.78, 5) is 19.9. The minimum absolute atomic E-state index is 0.0765. The van der Waals surface area contributed by atoms with Gasteiger partial charge in [0.1, 0.15) is 5.82 Å². The molecule has 1 amide bonds. The maximum absolute atomic E-state index is 12.9. The van der Waals surface area contributed by atoms with Gasteiger partial charge < -0.3 is 15.5 Å². The molecule has 2 fully saturated rings. The van der Waals surface area contributed by atoms with E-state index in [1.54, 1.807) is 0 Å². The summed E-state index contributed by atoms with van der Waals surface area (Å²) in [5.74, 6) is 3.18. The van der Waals surface area contributed by atoms with Gasteiger partial charge >= 0.3 is 0 Å². The number of fused-ring (bicyclic) bond motifs is 3. The number of nitrogens with zero attached hydrogens (tertiary/aromatic N) is 2. The molecule has 2 bridgehead atoms. The second-order valence-electron chi connectivity index (χ2n) is 9.53. The van der Waals surface area contributed by atoms with Crippen LogP contribution in [0.25, 0.3) is 10.9 Å². The highest BCUT2D eigenvalue weighted by molar-refractivity contribution is 6.35. The van der Waals surface area contributed by atoms with Crippen LogP contribution >= 0.6 is 11.6 Å². The Bertz CT molecular complexity index is 906. The fraction of sp³-hybridized carbons (Fsp3) is 0.600. The molecule has 2 aromatic rings. The normalized spacial score (nSPS) is 23.0. The van der Waals surface area contributed by atoms with E-state index < -0.39 is 0 Å². The molecule has 2 unspecified atom stereocenters. The number of amides is 1. The Kier molecular flexibility index (Phi) is 7.34. The van der Waals surface area contributed by atoms with Crippen LogP contribution in [0.5, 0.6) is 0 Å². The van der Waals surface area contributed by atoms with E-state index in [2.05, 4.69) is 22.6 Å². The first-order valence-corrected chi connectivity index (χ1v) is 12.2. The summed E-state index contributed by atoms with van der Waals surface area (Å²) in [6, 6.07) is 7.80. The van der Waals surface area contributed by atoms with Crippen LogP contribution in [0.3, 0.4) is 0 Å². The predicted octanol–water partition coefficient (Wildman–Crippen LogP) is 5.48. The van der Waals surface area contributed by atoms with Gasteiger partial charge in [-0.05, 0) is 81.3 Å². The molecule has 2 saturated carbocycles. The number of nitrogens with one attached hydrogen (secondary N) is 2. The second-order valence-corrected chi connectivity index (χ2v) is 9.93. The Hall–Kier alpha value is -1.85. The minimum atomic E-state index is 0.0765. The molecule has 6 heteroatoms. The predicted molar refractivity (Wildman–Crippen MR) is 130 cm³/mol. The molecule has 1 heterocycles. The lowest BCUT2D eigenvalue weighted by atomic mass is 9.67. The fourth-order valence-corrected chi connectivity index (χ4v) is 5.81. The number of carbonyl (C=O) groups excluding carboxylic acids is 1. The lowest BCUT2D eigenvalue weighted by molar-refractivity contribution is -0.117. The molecule has 1 aromatic heterocycles. The van der Waals surface area contributed by atoms with Gasteiger partial charge in [-0.3, -0.25) is 4.79 Å². The van der Waals surface area contributed by atoms with E-state index in [1.165, 1.54) is 38.5 Å². The topological polar surface area (TPSA) is 57.3 Å². The summed E-state index contributed by atoms with van der Waals surface area (Å²) in [5.41, 5.74) is 1.54. The summed E-state index contributed by atoms with van der Waals surface area (Å²) in [6.07, 6.45) is 9.51. The van der Waals surface area contributed by atoms with Gasteiger partial charge in [-0.25, -0.2) is 4.98 Å². The Morgan fingerprint density at radius 1 is 1.16 bits per heavy atom. The number of halogens is 1. The molecule has 31 heavy (non-hydrogen) atoms. The van der Waals surface area contributed by atoms with Gasteiger partial charge in [0.25, 0.3) is 0 Å². The van der Waals surface area contributed by atoms with Crippen LogP contribution in [0.15, 0.2) is 24.3 Å². The Morgan fingerprint density at radius 2 is 1.94 bits per heavy atom. The van der Waals surface area contributed by atoms with Crippen molar-refractivity contribution in [1.29, 1.82) is 0 Å². The first-order valence-electron chi connectivity index (χ1n) is 11.8. The van der Waals surface area contributed by atoms with Gasteiger partial charge in [0.15, 0.2) is 0 Å². The summed E-state index contributed by atoms with van der Waals surface area (Å²) in [6.45, 7) is 1.91. The Balaban J connectivity index is 1.45. The summed E-state index contributed by atoms with van der Waals surface area (Å²) in [5, 5.41) is 7.76. The van der Waals surface area contributed by atoms with Crippen molar-refractivity contribution in [2.45, 2.75) is 51.4 Å². The number of carbonyl (C=O) groups is 1. The highest BCUT2D eigenvalue weighted by atomic mass is 35.5. The zero-order valence-corrected chi connectivity index (χ0v) is 19.5. The van der Waals surface area contributed by atoms with Crippen LogP contribution in [0.1, 0.15) is 51.4 Å². The van der Waals surface area contributed by atoms with E-state index >= 15 is 0 Å². The summed E-state index contributed by atoms with van der Waals surface area (Å²) < 4.78 is 0. The van der Waals surface area contributed by atoms with E-state index in [0.29, 0.717) is 23.0 Å². The van der Waals surface area contributed by atoms with Crippen LogP contribution in [0, 0.1) is 17.8 Å². The zero-order chi connectivity index (χ0) is 21.8. The standard InChI is InChI=1S/C25H35ClN4O/c1-27-11-4-12-30(2)23-10-7-20-22(28-23)9-8-21(26)25(20)29-24(31)16-19-14-17-5-3-6-18(13-17)15-19/h7-10,17-19,27H,3-6,11-16H2,1-2H3,(H,29,31). The van der Waals surface area contributed by atoms with Crippen LogP contribution in [0.2, 0.25) is 5.02 Å². The number of aromatic nitrogens is 1. The van der Waals surface area contributed by atoms with E-state index in [0.717, 1.165) is 48.1 Å². The zero-order valence-electron chi connectivity index (χ0n) is 18.8. The number of anilines is 2. The summed E-state index contributed by atoms with van der Waals surface area (Å²) >= 11 is 6.49. The number of pyridine rings is 1. The average molecular weight is 443 g/mol. The van der Waals surface area contributed by atoms with Gasteiger partial charge in [-0.1, -0.05) is 30.9 Å². The van der Waals surface area contributed by atoms with Crippen LogP contribution in [-0.4, -0.2) is 38.1 Å². The van der Waals surface area contributed by atoms with Gasteiger partial charge in [0.2, 0.25) is 5.91 Å². The fourth-order valence-electron chi connectivity index (χ4n) is 5.60. The Labute approximate surface area is 190 Å². The molecule has 0 radical (unpaired) electrons. The third-order valence-electron chi connectivity index (χ3n) is 7.08. The van der Waals surface area contributed by atoms with Crippen molar-refractivity contribution in [3.05, 3.63) is 29.3 Å². The van der Waals surface area contributed by atoms with Gasteiger partial charge in [0, 0.05) is 25.4 Å². The summed E-state index contributed by atoms with van der Waals surface area (Å²) in [7, 11) is 4.02. The molecule has 2 atom stereocenters. The molecule has 0 aliphatic heterocycles. The van der Waals surface area contributed by atoms with E-state index in [9.17, 15) is 4.79 Å². The molecule has 0 saturated heterocycles. The average Bonchev–Trinajstić information content (AvgIpc) is 2.75. The van der Waals surface area contributed by atoms with Crippen molar-refractivity contribution in [1.82, 2.24) is 10.3 Å². The first-order chi connectivity index (χ1) is 15.0. The number of hydrogen-bond acceptors (Lipinski definition) is 4. The molecule has 2 aliphatic carbocycles. The molecule has 0 spiro atoms. The quantitative estimate of drug-likeness (QED) is 0.531. The lowest BCUT2D eigenvalue weighted by Crippen LogP contribution is -2.29. The highest BCUT2D eigenvalue weighted by Crippen LogP contribution is 2.43. The van der Waals surface area contributed by atoms with E-state index in [-0.39, 0.29) is 5.91 Å². The molecule has 5 nitrogen and oxygen atoms in total. The lowest BCUT2D eigenvalue weighted by Gasteiger charge is -2.38. The van der Waals surface area contributed by atoms with Crippen LogP contribution in [-0.2, 0) is 4.79 Å². The minimum Gasteiger partial charge on any atom is -0.360 e. The maximum atomic E-state index is 12.9. The first kappa shape index (κ1) is 22.3. The van der Waals surface area contributed by atoms with Crippen molar-refractivity contribution in [3.8, 4) is 0 Å². The van der Waals surface area contributed by atoms with Crippen molar-refractivity contribution in [2.75, 3.05) is 37.4 Å². The van der Waals surface area contributed by atoms with Gasteiger partial charge in [-0.15, -0.1) is 0 Å². The largest absolute Gasteiger partial charge is 0.360 e. The van der Waals surface area contributed by atoms with Crippen LogP contribution in [0.4, 0.5) is 11.5 Å². The number of hydrogen-bond donors (Lipinski definition) is 2. The smallest absolute Gasteiger partial charge is 0.224 e. The van der Waals surface area contributed by atoms with Crippen LogP contribution < -0.4 is 15.5 Å². The molecular formula is C25H35ClN4O. The van der Waals surface area contributed by atoms with Gasteiger partial charge in [0.05, 0.1) is 16.2 Å². The van der Waals surface area contributed by atoms with Gasteiger partial charge in [-0.2, -0.15) is 0 Å². The van der Waals surface area contributed by atoms with E-state index in [1.807, 2.05) is 31.3 Å². The molecule has 168 valence electrons. The Morgan fingerprint density at radius 3 is 2.68 bits per heavy atom. The highest BCUT2D eigenvalue weighted by Gasteiger charge is 2.32. The third-order valence-corrected chi connectivity index (χ3v) is 7.40. The number of rotatable bonds is 8. The number of benzene rings is 1. The molecular weight excluding hydrogens is 408 g/mol. The second kappa shape index (κ2) is 10.2. The monoisotopic (exact) mass is 442 g/mol. The third kappa shape index (κ3) is 5.50. The molecule has 2 N–H and O–H groups in total. The molecule has 4 rings (SSSR count). The van der Waals surface area contributed by atoms with Crippen molar-refractivity contribution in [2.24, 2.45) is 17.8 Å². The molecule has 2 aliphatic rings. The molecule has 1 aromatic carbocycles. The van der Waals surface area contributed by atoms with Crippen molar-refractivity contribution >= 4 is 39.9 Å². The maximum Gasteiger partial charge on any atom is 0.224 e. The van der Waals surface area contributed by atoms with Crippen molar-refractivity contribution in [3.63, 3.8) is 0 Å². The van der Waals surface area contributed by atoms with E-state index in [4.69, 9.17) is 16.6 Å². The van der Waals surface area contributed by atoms with Crippen molar-refractivity contribution < 1.29 is 4.79 Å².